The highest BCUT2D eigenvalue weighted by molar-refractivity contribution is 7.89. The molecule has 10 nitrogen and oxygen atoms in total. The summed E-state index contributed by atoms with van der Waals surface area (Å²) in [5, 5.41) is 0. The van der Waals surface area contributed by atoms with Crippen molar-refractivity contribution in [2.24, 2.45) is 5.41 Å². The van der Waals surface area contributed by atoms with E-state index in [4.69, 9.17) is 18.9 Å². The highest BCUT2D eigenvalue weighted by Crippen LogP contribution is 2.43. The minimum atomic E-state index is -3.89. The molecule has 5 rings (SSSR count). The molecule has 1 unspecified atom stereocenters. The first-order chi connectivity index (χ1) is 23.3. The number of nitrogens with zero attached hydrogens (tertiary/aromatic N) is 2. The first-order valence-corrected chi connectivity index (χ1v) is 18.2. The van der Waals surface area contributed by atoms with E-state index in [0.29, 0.717) is 50.3 Å². The molecule has 3 aromatic rings. The molecular weight excluding hydrogens is 644 g/mol. The molecule has 0 spiro atoms. The molecule has 0 aromatic heterocycles. The van der Waals surface area contributed by atoms with E-state index < -0.39 is 27.1 Å². The second-order valence-electron chi connectivity index (χ2n) is 13.7. The summed E-state index contributed by atoms with van der Waals surface area (Å²) in [5.41, 5.74) is 1.16. The van der Waals surface area contributed by atoms with Gasteiger partial charge in [-0.05, 0) is 83.2 Å². The van der Waals surface area contributed by atoms with Crippen molar-refractivity contribution in [2.45, 2.75) is 82.6 Å². The molecule has 1 saturated heterocycles. The summed E-state index contributed by atoms with van der Waals surface area (Å²) in [4.78, 5) is 28.5. The van der Waals surface area contributed by atoms with Crippen molar-refractivity contribution in [1.29, 1.82) is 0 Å². The summed E-state index contributed by atoms with van der Waals surface area (Å²) in [6, 6.07) is 21.6. The molecule has 0 aliphatic carbocycles. The van der Waals surface area contributed by atoms with Crippen molar-refractivity contribution < 1.29 is 37.0 Å². The Labute approximate surface area is 290 Å². The Hall–Kier alpha value is -3.77. The number of piperidine rings is 1. The molecule has 0 bridgehead atoms. The summed E-state index contributed by atoms with van der Waals surface area (Å²) in [5.74, 6) is 0.0514. The second kappa shape index (κ2) is 15.0. The molecule has 0 saturated carbocycles. The Bertz CT molecular complexity index is 1730. The van der Waals surface area contributed by atoms with Gasteiger partial charge >= 0.3 is 5.97 Å². The maximum atomic E-state index is 14.0. The lowest BCUT2D eigenvalue weighted by molar-refractivity contribution is -0.152. The van der Waals surface area contributed by atoms with Crippen LogP contribution in [0.15, 0.2) is 77.7 Å². The van der Waals surface area contributed by atoms with Crippen LogP contribution >= 0.6 is 0 Å². The lowest BCUT2D eigenvalue weighted by Crippen LogP contribution is -2.52. The van der Waals surface area contributed by atoms with Crippen LogP contribution in [0.5, 0.6) is 5.75 Å². The zero-order valence-electron chi connectivity index (χ0n) is 29.3. The molecule has 3 aromatic carbocycles. The number of hydrogen-bond acceptors (Lipinski definition) is 8. The van der Waals surface area contributed by atoms with Crippen molar-refractivity contribution in [2.75, 3.05) is 38.8 Å². The van der Waals surface area contributed by atoms with Gasteiger partial charge in [-0.25, -0.2) is 8.42 Å². The number of carbonyl (C=O) groups excluding carboxylic acids is 2. The molecule has 3 atom stereocenters. The van der Waals surface area contributed by atoms with Gasteiger partial charge in [-0.1, -0.05) is 54.1 Å². The van der Waals surface area contributed by atoms with Crippen LogP contribution in [0.4, 0.5) is 5.69 Å². The Morgan fingerprint density at radius 2 is 1.73 bits per heavy atom. The van der Waals surface area contributed by atoms with E-state index in [-0.39, 0.29) is 36.0 Å². The SMILES string of the molecule is COCCCN1C(=O)C(C)(c2ccccc2)Oc2ccc(CO[C@@H]3CC[C@@H](CC(C)(C)C(=O)OC)N(S(=O)(=O)c4ccc(C)cc4)C3)cc21. The van der Waals surface area contributed by atoms with Gasteiger partial charge in [-0.15, -0.1) is 0 Å². The Morgan fingerprint density at radius 3 is 2.41 bits per heavy atom. The quantitative estimate of drug-likeness (QED) is 0.159. The van der Waals surface area contributed by atoms with Crippen LogP contribution in [0.3, 0.4) is 0 Å². The average molecular weight is 693 g/mol. The highest BCUT2D eigenvalue weighted by Gasteiger charge is 2.46. The monoisotopic (exact) mass is 692 g/mol. The number of ether oxygens (including phenoxy) is 4. The Kier molecular flexibility index (Phi) is 11.2. The highest BCUT2D eigenvalue weighted by atomic mass is 32.2. The number of hydrogen-bond donors (Lipinski definition) is 0. The van der Waals surface area contributed by atoms with Crippen molar-refractivity contribution in [3.63, 3.8) is 0 Å². The Morgan fingerprint density at radius 1 is 1.02 bits per heavy atom. The van der Waals surface area contributed by atoms with Crippen molar-refractivity contribution >= 4 is 27.6 Å². The van der Waals surface area contributed by atoms with Crippen LogP contribution in [-0.2, 0) is 46.0 Å². The molecule has 1 fully saturated rings. The number of esters is 1. The molecule has 2 aliphatic heterocycles. The predicted molar refractivity (Wildman–Crippen MR) is 187 cm³/mol. The second-order valence-corrected chi connectivity index (χ2v) is 15.6. The number of carbonyl (C=O) groups is 2. The van der Waals surface area contributed by atoms with E-state index in [1.807, 2.05) is 55.5 Å². The van der Waals surface area contributed by atoms with Gasteiger partial charge in [0.05, 0.1) is 35.8 Å². The number of sulfonamides is 1. The van der Waals surface area contributed by atoms with E-state index in [1.54, 1.807) is 57.0 Å². The summed E-state index contributed by atoms with van der Waals surface area (Å²) in [7, 11) is -0.904. The largest absolute Gasteiger partial charge is 0.471 e. The number of anilines is 1. The van der Waals surface area contributed by atoms with E-state index in [2.05, 4.69) is 0 Å². The summed E-state index contributed by atoms with van der Waals surface area (Å²) >= 11 is 0. The van der Waals surface area contributed by atoms with Crippen LogP contribution in [0.2, 0.25) is 0 Å². The smallest absolute Gasteiger partial charge is 0.311 e. The van der Waals surface area contributed by atoms with Crippen LogP contribution in [0, 0.1) is 12.3 Å². The number of methoxy groups -OCH3 is 2. The molecule has 11 heteroatoms. The molecule has 264 valence electrons. The van der Waals surface area contributed by atoms with Gasteiger partial charge < -0.3 is 23.8 Å². The third-order valence-electron chi connectivity index (χ3n) is 9.55. The molecule has 0 N–H and O–H groups in total. The number of aryl methyl sites for hydroxylation is 1. The van der Waals surface area contributed by atoms with Gasteiger partial charge in [0.15, 0.2) is 0 Å². The molecule has 2 aliphatic rings. The van der Waals surface area contributed by atoms with Gasteiger partial charge in [0.1, 0.15) is 5.75 Å². The molecule has 2 heterocycles. The van der Waals surface area contributed by atoms with Crippen molar-refractivity contribution in [3.8, 4) is 5.75 Å². The number of rotatable bonds is 13. The van der Waals surface area contributed by atoms with E-state index in [9.17, 15) is 18.0 Å². The van der Waals surface area contributed by atoms with Gasteiger partial charge in [0, 0.05) is 38.4 Å². The first kappa shape index (κ1) is 36.5. The van der Waals surface area contributed by atoms with E-state index in [1.165, 1.54) is 11.4 Å². The maximum Gasteiger partial charge on any atom is 0.311 e. The zero-order valence-corrected chi connectivity index (χ0v) is 30.1. The van der Waals surface area contributed by atoms with Crippen molar-refractivity contribution in [1.82, 2.24) is 4.31 Å². The topological polar surface area (TPSA) is 112 Å². The first-order valence-electron chi connectivity index (χ1n) is 16.8. The molecular formula is C38H48N2O8S. The lowest BCUT2D eigenvalue weighted by atomic mass is 9.83. The lowest BCUT2D eigenvalue weighted by Gasteiger charge is -2.41. The van der Waals surface area contributed by atoms with E-state index >= 15 is 0 Å². The van der Waals surface area contributed by atoms with Crippen LogP contribution in [0.1, 0.15) is 63.1 Å². The van der Waals surface area contributed by atoms with Crippen LogP contribution in [0.25, 0.3) is 0 Å². The summed E-state index contributed by atoms with van der Waals surface area (Å²) in [6.07, 6.45) is 1.72. The average Bonchev–Trinajstić information content (AvgIpc) is 3.09. The third-order valence-corrected chi connectivity index (χ3v) is 11.5. The van der Waals surface area contributed by atoms with Gasteiger partial charge in [0.25, 0.3) is 5.91 Å². The minimum Gasteiger partial charge on any atom is -0.471 e. The fraction of sp³-hybridized carbons (Fsp3) is 0.474. The molecule has 0 radical (unpaired) electrons. The van der Waals surface area contributed by atoms with Crippen LogP contribution < -0.4 is 9.64 Å². The van der Waals surface area contributed by atoms with Crippen LogP contribution in [-0.4, -0.2) is 70.7 Å². The number of fused-ring (bicyclic) bond motifs is 1. The van der Waals surface area contributed by atoms with Gasteiger partial charge in [-0.2, -0.15) is 4.31 Å². The fourth-order valence-corrected chi connectivity index (χ4v) is 8.40. The molecule has 1 amide bonds. The summed E-state index contributed by atoms with van der Waals surface area (Å²) < 4.78 is 52.7. The zero-order chi connectivity index (χ0) is 35.4. The minimum absolute atomic E-state index is 0.142. The summed E-state index contributed by atoms with van der Waals surface area (Å²) in [6.45, 7) is 8.58. The van der Waals surface area contributed by atoms with Gasteiger partial charge in [-0.3, -0.25) is 9.59 Å². The van der Waals surface area contributed by atoms with E-state index in [0.717, 1.165) is 16.7 Å². The Balaban J connectivity index is 1.37. The number of benzene rings is 3. The fourth-order valence-electron chi connectivity index (χ4n) is 6.71. The third kappa shape index (κ3) is 7.85. The van der Waals surface area contributed by atoms with Crippen molar-refractivity contribution in [3.05, 3.63) is 89.5 Å². The standard InChI is InChI=1S/C38H48N2O8S/c1-27-13-18-32(19-14-27)49(43,44)40-25-31(17-16-30(40)24-37(2,3)36(42)46-6)47-26-28-15-20-34-33(23-28)39(21-10-22-45-5)35(41)38(4,48-34)29-11-8-7-9-12-29/h7-9,11-15,18-20,23,30-31H,10,16-17,21-22,24-26H2,1-6H3/t30-,31+,38?/m0/s1. The normalized spacial score (nSPS) is 21.6. The molecule has 49 heavy (non-hydrogen) atoms. The van der Waals surface area contributed by atoms with Gasteiger partial charge in [0.2, 0.25) is 15.6 Å². The number of amides is 1. The maximum absolute atomic E-state index is 14.0. The predicted octanol–water partition coefficient (Wildman–Crippen LogP) is 6.00.